The van der Waals surface area contributed by atoms with Gasteiger partial charge < -0.3 is 15.0 Å². The van der Waals surface area contributed by atoms with Gasteiger partial charge in [0.15, 0.2) is 5.17 Å². The average Bonchev–Trinajstić information content (AvgIpc) is 3.16. The Kier molecular flexibility index (Phi) is 6.83. The molecule has 2 aromatic rings. The van der Waals surface area contributed by atoms with Crippen LogP contribution in [0.1, 0.15) is 38.8 Å². The van der Waals surface area contributed by atoms with E-state index in [9.17, 15) is 18.4 Å². The highest BCUT2D eigenvalue weighted by molar-refractivity contribution is 8.16. The van der Waals surface area contributed by atoms with Gasteiger partial charge in [-0.2, -0.15) is 0 Å². The number of hydrogen-bond donors (Lipinski definition) is 1. The van der Waals surface area contributed by atoms with Gasteiger partial charge in [0.05, 0.1) is 29.8 Å². The zero-order valence-electron chi connectivity index (χ0n) is 18.8. The summed E-state index contributed by atoms with van der Waals surface area (Å²) >= 11 is 1.34. The third-order valence-corrected chi connectivity index (χ3v) is 6.11. The van der Waals surface area contributed by atoms with Crippen LogP contribution >= 0.6 is 11.8 Å². The van der Waals surface area contributed by atoms with Crippen LogP contribution in [-0.4, -0.2) is 28.0 Å². The van der Waals surface area contributed by atoms with E-state index in [1.54, 1.807) is 32.9 Å². The van der Waals surface area contributed by atoms with Crippen LogP contribution in [0.3, 0.4) is 0 Å². The molecule has 1 unspecified atom stereocenters. The van der Waals surface area contributed by atoms with Crippen LogP contribution in [0, 0.1) is 11.6 Å². The van der Waals surface area contributed by atoms with E-state index < -0.39 is 23.6 Å². The van der Waals surface area contributed by atoms with Gasteiger partial charge in [-0.1, -0.05) is 23.9 Å². The van der Waals surface area contributed by atoms with Crippen LogP contribution in [0.5, 0.6) is 0 Å². The fourth-order valence-electron chi connectivity index (χ4n) is 3.77. The minimum Gasteiger partial charge on any atom is -0.459 e. The molecule has 0 aliphatic carbocycles. The molecule has 0 saturated carbocycles. The number of allylic oxidation sites excluding steroid dienone is 1. The lowest BCUT2D eigenvalue weighted by atomic mass is 9.93. The van der Waals surface area contributed by atoms with E-state index >= 15 is 0 Å². The summed E-state index contributed by atoms with van der Waals surface area (Å²) in [6, 6.07) is 10.7. The van der Waals surface area contributed by atoms with Crippen LogP contribution in [0.25, 0.3) is 0 Å². The van der Waals surface area contributed by atoms with Crippen molar-refractivity contribution in [3.63, 3.8) is 0 Å². The Balaban J connectivity index is 1.65. The molecule has 0 saturated heterocycles. The summed E-state index contributed by atoms with van der Waals surface area (Å²) < 4.78 is 32.3. The third kappa shape index (κ3) is 5.04. The molecule has 0 spiro atoms. The van der Waals surface area contributed by atoms with Crippen molar-refractivity contribution in [3.8, 4) is 0 Å². The zero-order chi connectivity index (χ0) is 24.4. The molecule has 34 heavy (non-hydrogen) atoms. The summed E-state index contributed by atoms with van der Waals surface area (Å²) in [5.41, 5.74) is 2.59. The third-order valence-electron chi connectivity index (χ3n) is 5.22. The molecule has 0 radical (unpaired) electrons. The van der Waals surface area contributed by atoms with E-state index in [1.807, 2.05) is 10.3 Å². The fraction of sp³-hybridized carbons (Fsp3) is 0.240. The number of halogens is 2. The Morgan fingerprint density at radius 1 is 1.09 bits per heavy atom. The number of amidine groups is 1. The van der Waals surface area contributed by atoms with Crippen molar-refractivity contribution in [2.75, 3.05) is 5.32 Å². The van der Waals surface area contributed by atoms with Gasteiger partial charge in [0.1, 0.15) is 11.6 Å². The number of thioether (sulfide) groups is 1. The van der Waals surface area contributed by atoms with Crippen LogP contribution in [-0.2, 0) is 14.3 Å². The van der Waals surface area contributed by atoms with E-state index in [4.69, 9.17) is 4.74 Å². The second-order valence-electron chi connectivity index (χ2n) is 8.13. The molecule has 1 amide bonds. The fourth-order valence-corrected chi connectivity index (χ4v) is 4.74. The Morgan fingerprint density at radius 2 is 1.71 bits per heavy atom. The first-order valence-electron chi connectivity index (χ1n) is 10.7. The van der Waals surface area contributed by atoms with Crippen LogP contribution in [0.4, 0.5) is 14.5 Å². The number of nitrogens with zero attached hydrogens (tertiary/aromatic N) is 2. The van der Waals surface area contributed by atoms with Crippen molar-refractivity contribution in [1.29, 1.82) is 0 Å². The number of rotatable bonds is 6. The van der Waals surface area contributed by atoms with Crippen LogP contribution < -0.4 is 5.32 Å². The van der Waals surface area contributed by atoms with Gasteiger partial charge in [0, 0.05) is 11.4 Å². The standard InChI is InChI=1S/C25H23F2N3O3S/c1-14(2)33-24(32)22-15(3)28-25-30(23(22)16-4-6-17(26)7-5-16)20(13-34-25)12-21(31)29-19-10-8-18(27)9-11-19/h4-11,13-14,23H,12H2,1-3H3,(H,29,31). The van der Waals surface area contributed by atoms with Gasteiger partial charge in [0.2, 0.25) is 5.91 Å². The molecule has 0 bridgehead atoms. The largest absolute Gasteiger partial charge is 0.459 e. The highest BCUT2D eigenvalue weighted by Gasteiger charge is 2.41. The van der Waals surface area contributed by atoms with Crippen molar-refractivity contribution >= 4 is 34.5 Å². The van der Waals surface area contributed by atoms with E-state index in [2.05, 4.69) is 10.3 Å². The number of fused-ring (bicyclic) bond motifs is 1. The van der Waals surface area contributed by atoms with Gasteiger partial charge >= 0.3 is 5.97 Å². The highest BCUT2D eigenvalue weighted by atomic mass is 32.2. The lowest BCUT2D eigenvalue weighted by Gasteiger charge is -2.36. The van der Waals surface area contributed by atoms with Crippen molar-refractivity contribution in [3.05, 3.63) is 88.1 Å². The minimum atomic E-state index is -0.640. The number of carbonyl (C=O) groups is 2. The number of amides is 1. The molecule has 0 aromatic heterocycles. The smallest absolute Gasteiger partial charge is 0.338 e. The predicted molar refractivity (Wildman–Crippen MR) is 128 cm³/mol. The molecule has 9 heteroatoms. The Morgan fingerprint density at radius 3 is 2.32 bits per heavy atom. The number of hydrogen-bond acceptors (Lipinski definition) is 6. The Labute approximate surface area is 200 Å². The average molecular weight is 484 g/mol. The van der Waals surface area contributed by atoms with Crippen LogP contribution in [0.15, 0.2) is 75.9 Å². The normalized spacial score (nSPS) is 17.4. The summed E-state index contributed by atoms with van der Waals surface area (Å²) in [5.74, 6) is -1.62. The molecule has 1 atom stereocenters. The summed E-state index contributed by atoms with van der Waals surface area (Å²) in [6.07, 6.45) is -0.344. The first kappa shape index (κ1) is 23.7. The van der Waals surface area contributed by atoms with E-state index in [0.717, 1.165) is 0 Å². The van der Waals surface area contributed by atoms with Crippen molar-refractivity contribution in [2.45, 2.75) is 39.3 Å². The summed E-state index contributed by atoms with van der Waals surface area (Å²) in [5, 5.41) is 5.16. The Bertz CT molecular complexity index is 1200. The Hall–Kier alpha value is -3.46. The van der Waals surface area contributed by atoms with E-state index in [0.29, 0.717) is 33.4 Å². The van der Waals surface area contributed by atoms with Crippen LogP contribution in [0.2, 0.25) is 0 Å². The number of anilines is 1. The summed E-state index contributed by atoms with van der Waals surface area (Å²) in [4.78, 5) is 32.2. The molecule has 6 nitrogen and oxygen atoms in total. The maximum absolute atomic E-state index is 13.7. The minimum absolute atomic E-state index is 0.00729. The predicted octanol–water partition coefficient (Wildman–Crippen LogP) is 5.52. The van der Waals surface area contributed by atoms with Crippen molar-refractivity contribution in [1.82, 2.24) is 4.90 Å². The molecule has 1 N–H and O–H groups in total. The number of ether oxygens (including phenoxy) is 1. The SMILES string of the molecule is CC1=C(C(=O)OC(C)C)C(c2ccc(F)cc2)N2C(CC(=O)Nc3ccc(F)cc3)=CSC2=N1. The second kappa shape index (κ2) is 9.80. The maximum Gasteiger partial charge on any atom is 0.338 e. The quantitative estimate of drug-likeness (QED) is 0.548. The molecule has 2 heterocycles. The molecule has 2 aliphatic heterocycles. The second-order valence-corrected chi connectivity index (χ2v) is 8.97. The lowest BCUT2D eigenvalue weighted by molar-refractivity contribution is -0.143. The first-order valence-corrected chi connectivity index (χ1v) is 11.6. The summed E-state index contributed by atoms with van der Waals surface area (Å²) in [6.45, 7) is 5.25. The highest BCUT2D eigenvalue weighted by Crippen LogP contribution is 2.45. The number of nitrogens with one attached hydrogen (secondary N) is 1. The molecular formula is C25H23F2N3O3S. The molecule has 2 aliphatic rings. The zero-order valence-corrected chi connectivity index (χ0v) is 19.7. The topological polar surface area (TPSA) is 71.0 Å². The summed E-state index contributed by atoms with van der Waals surface area (Å²) in [7, 11) is 0. The monoisotopic (exact) mass is 483 g/mol. The molecule has 2 aromatic carbocycles. The van der Waals surface area contributed by atoms with Gasteiger partial charge in [-0.15, -0.1) is 0 Å². The van der Waals surface area contributed by atoms with Gasteiger partial charge in [-0.05, 0) is 68.1 Å². The van der Waals surface area contributed by atoms with Gasteiger partial charge in [-0.3, -0.25) is 4.79 Å². The molecule has 0 fully saturated rings. The molecular weight excluding hydrogens is 460 g/mol. The number of benzene rings is 2. The van der Waals surface area contributed by atoms with E-state index in [1.165, 1.54) is 48.2 Å². The maximum atomic E-state index is 13.7. The molecule has 176 valence electrons. The number of aliphatic imine (C=N–C) groups is 1. The van der Waals surface area contributed by atoms with E-state index in [-0.39, 0.29) is 18.4 Å². The lowest BCUT2D eigenvalue weighted by Crippen LogP contribution is -2.37. The van der Waals surface area contributed by atoms with Gasteiger partial charge in [-0.25, -0.2) is 18.6 Å². The van der Waals surface area contributed by atoms with Crippen molar-refractivity contribution in [2.24, 2.45) is 4.99 Å². The van der Waals surface area contributed by atoms with Gasteiger partial charge in [0.25, 0.3) is 0 Å². The van der Waals surface area contributed by atoms with Crippen molar-refractivity contribution < 1.29 is 23.1 Å². The molecule has 4 rings (SSSR count). The number of carbonyl (C=O) groups excluding carboxylic acids is 2. The number of esters is 1. The first-order chi connectivity index (χ1) is 16.2.